The molecule has 0 saturated heterocycles. The molecule has 3 N–H and O–H groups in total. The molecule has 0 spiro atoms. The van der Waals surface area contributed by atoms with Crippen molar-refractivity contribution in [2.75, 3.05) is 13.2 Å². The average Bonchev–Trinajstić information content (AvgIpc) is 2.82. The minimum absolute atomic E-state index is 0. The van der Waals surface area contributed by atoms with Gasteiger partial charge in [0.2, 0.25) is 0 Å². The Morgan fingerprint density at radius 1 is 1.32 bits per heavy atom. The van der Waals surface area contributed by atoms with E-state index in [4.69, 9.17) is 4.74 Å². The van der Waals surface area contributed by atoms with E-state index in [1.165, 1.54) is 0 Å². The zero-order valence-corrected chi connectivity index (χ0v) is 12.0. The van der Waals surface area contributed by atoms with Crippen LogP contribution in [0.1, 0.15) is 13.8 Å². The van der Waals surface area contributed by atoms with Crippen LogP contribution >= 0.6 is 12.4 Å². The number of H-pyrrole nitrogens is 1. The zero-order chi connectivity index (χ0) is 13.0. The highest BCUT2D eigenvalue weighted by Gasteiger charge is 2.08. The van der Waals surface area contributed by atoms with Crippen LogP contribution in [0.2, 0.25) is 0 Å². The molecule has 1 heterocycles. The summed E-state index contributed by atoms with van der Waals surface area (Å²) in [5, 5.41) is 14.0. The Morgan fingerprint density at radius 2 is 2.11 bits per heavy atom. The number of rotatable bonds is 6. The number of halogens is 1. The Hall–Kier alpha value is -1.23. The molecule has 19 heavy (non-hydrogen) atoms. The summed E-state index contributed by atoms with van der Waals surface area (Å²) in [5.41, 5.74) is 1.04. The van der Waals surface area contributed by atoms with Gasteiger partial charge in [-0.1, -0.05) is 19.9 Å². The first kappa shape index (κ1) is 15.8. The predicted octanol–water partition coefficient (Wildman–Crippen LogP) is 2.33. The summed E-state index contributed by atoms with van der Waals surface area (Å²) >= 11 is 0. The summed E-state index contributed by atoms with van der Waals surface area (Å²) in [6.45, 7) is 4.94. The van der Waals surface area contributed by atoms with E-state index in [0.717, 1.165) is 16.7 Å². The first-order valence-electron chi connectivity index (χ1n) is 6.27. The van der Waals surface area contributed by atoms with Crippen molar-refractivity contribution in [3.63, 3.8) is 0 Å². The Balaban J connectivity index is 0.00000180. The van der Waals surface area contributed by atoms with Crippen LogP contribution in [0, 0.1) is 0 Å². The molecule has 5 heteroatoms. The molecule has 1 aromatic heterocycles. The van der Waals surface area contributed by atoms with E-state index in [1.54, 1.807) is 0 Å². The van der Waals surface area contributed by atoms with Gasteiger partial charge in [0.25, 0.3) is 0 Å². The van der Waals surface area contributed by atoms with Gasteiger partial charge in [0, 0.05) is 29.7 Å². The molecular weight excluding hydrogens is 264 g/mol. The molecule has 1 aromatic carbocycles. The van der Waals surface area contributed by atoms with E-state index in [0.29, 0.717) is 19.2 Å². The molecule has 4 nitrogen and oxygen atoms in total. The summed E-state index contributed by atoms with van der Waals surface area (Å²) < 4.78 is 5.66. The molecule has 1 atom stereocenters. The lowest BCUT2D eigenvalue weighted by Crippen LogP contribution is -2.35. The second-order valence-electron chi connectivity index (χ2n) is 4.72. The Bertz CT molecular complexity index is 499. The van der Waals surface area contributed by atoms with E-state index in [9.17, 15) is 5.11 Å². The number of aliphatic hydroxyl groups excluding tert-OH is 1. The molecule has 0 aliphatic rings. The Labute approximate surface area is 119 Å². The number of aromatic nitrogens is 1. The van der Waals surface area contributed by atoms with Gasteiger partial charge in [-0.05, 0) is 18.2 Å². The highest BCUT2D eigenvalue weighted by Crippen LogP contribution is 2.24. The average molecular weight is 285 g/mol. The van der Waals surface area contributed by atoms with E-state index >= 15 is 0 Å². The lowest BCUT2D eigenvalue weighted by molar-refractivity contribution is 0.105. The number of hydrogen-bond donors (Lipinski definition) is 3. The summed E-state index contributed by atoms with van der Waals surface area (Å²) in [7, 11) is 0. The number of aromatic amines is 1. The minimum Gasteiger partial charge on any atom is -0.490 e. The number of benzene rings is 1. The number of nitrogens with one attached hydrogen (secondary N) is 2. The van der Waals surface area contributed by atoms with Crippen molar-refractivity contribution >= 4 is 23.3 Å². The van der Waals surface area contributed by atoms with Crippen LogP contribution in [0.15, 0.2) is 30.5 Å². The lowest BCUT2D eigenvalue weighted by Gasteiger charge is -2.15. The van der Waals surface area contributed by atoms with Crippen LogP contribution in [-0.2, 0) is 0 Å². The van der Waals surface area contributed by atoms with Crippen molar-refractivity contribution in [1.82, 2.24) is 10.3 Å². The van der Waals surface area contributed by atoms with Gasteiger partial charge < -0.3 is 20.1 Å². The van der Waals surface area contributed by atoms with Gasteiger partial charge in [0.05, 0.1) is 0 Å². The van der Waals surface area contributed by atoms with Gasteiger partial charge >= 0.3 is 0 Å². The van der Waals surface area contributed by atoms with Gasteiger partial charge in [-0.2, -0.15) is 0 Å². The summed E-state index contributed by atoms with van der Waals surface area (Å²) in [5.74, 6) is 0.803. The van der Waals surface area contributed by atoms with Crippen molar-refractivity contribution in [2.24, 2.45) is 0 Å². The first-order chi connectivity index (χ1) is 8.66. The first-order valence-corrected chi connectivity index (χ1v) is 6.27. The van der Waals surface area contributed by atoms with Gasteiger partial charge in [-0.15, -0.1) is 12.4 Å². The van der Waals surface area contributed by atoms with Crippen molar-refractivity contribution in [1.29, 1.82) is 0 Å². The smallest absolute Gasteiger partial charge is 0.128 e. The second-order valence-corrected chi connectivity index (χ2v) is 4.72. The SMILES string of the molecule is CC(C)NCC(O)COc1cccc2[nH]ccc12.Cl. The highest BCUT2D eigenvalue weighted by molar-refractivity contribution is 5.85. The van der Waals surface area contributed by atoms with Crippen LogP contribution < -0.4 is 10.1 Å². The van der Waals surface area contributed by atoms with Crippen LogP contribution in [0.25, 0.3) is 10.9 Å². The monoisotopic (exact) mass is 284 g/mol. The van der Waals surface area contributed by atoms with Gasteiger partial charge in [-0.3, -0.25) is 0 Å². The van der Waals surface area contributed by atoms with Gasteiger partial charge in [0.1, 0.15) is 18.5 Å². The molecule has 0 amide bonds. The molecule has 0 aliphatic heterocycles. The molecule has 0 bridgehead atoms. The molecule has 0 fully saturated rings. The molecule has 0 saturated carbocycles. The maximum absolute atomic E-state index is 9.79. The van der Waals surface area contributed by atoms with Crippen LogP contribution in [-0.4, -0.2) is 35.4 Å². The van der Waals surface area contributed by atoms with Crippen molar-refractivity contribution < 1.29 is 9.84 Å². The number of ether oxygens (including phenoxy) is 1. The number of aliphatic hydroxyl groups is 1. The normalized spacial score (nSPS) is 12.4. The largest absolute Gasteiger partial charge is 0.490 e. The third kappa shape index (κ3) is 4.42. The fourth-order valence-electron chi connectivity index (χ4n) is 1.80. The predicted molar refractivity (Wildman–Crippen MR) is 80.2 cm³/mol. The van der Waals surface area contributed by atoms with Crippen molar-refractivity contribution in [3.8, 4) is 5.75 Å². The Morgan fingerprint density at radius 3 is 2.84 bits per heavy atom. The maximum Gasteiger partial charge on any atom is 0.128 e. The summed E-state index contributed by atoms with van der Waals surface area (Å²) in [6.07, 6.45) is 1.38. The molecule has 106 valence electrons. The summed E-state index contributed by atoms with van der Waals surface area (Å²) in [4.78, 5) is 3.13. The quantitative estimate of drug-likeness (QED) is 0.763. The number of fused-ring (bicyclic) bond motifs is 1. The minimum atomic E-state index is -0.499. The molecule has 2 aromatic rings. The second kappa shape index (κ2) is 7.38. The fourth-order valence-corrected chi connectivity index (χ4v) is 1.80. The van der Waals surface area contributed by atoms with Crippen LogP contribution in [0.4, 0.5) is 0 Å². The molecule has 2 rings (SSSR count). The molecule has 1 unspecified atom stereocenters. The fraction of sp³-hybridized carbons (Fsp3) is 0.429. The van der Waals surface area contributed by atoms with Gasteiger partial charge in [-0.25, -0.2) is 0 Å². The van der Waals surface area contributed by atoms with Crippen LogP contribution in [0.3, 0.4) is 0 Å². The lowest BCUT2D eigenvalue weighted by atomic mass is 10.2. The summed E-state index contributed by atoms with van der Waals surface area (Å²) in [6, 6.07) is 8.20. The molecule has 0 radical (unpaired) electrons. The zero-order valence-electron chi connectivity index (χ0n) is 11.2. The standard InChI is InChI=1S/C14H20N2O2.ClH/c1-10(2)16-8-11(17)9-18-14-5-3-4-13-12(14)6-7-15-13;/h3-7,10-11,15-17H,8-9H2,1-2H3;1H. The Kier molecular flexibility index (Phi) is 6.15. The van der Waals surface area contributed by atoms with Crippen LogP contribution in [0.5, 0.6) is 5.75 Å². The maximum atomic E-state index is 9.79. The number of hydrogen-bond acceptors (Lipinski definition) is 3. The van der Waals surface area contributed by atoms with E-state index in [2.05, 4.69) is 10.3 Å². The topological polar surface area (TPSA) is 57.3 Å². The van der Waals surface area contributed by atoms with E-state index < -0.39 is 6.10 Å². The van der Waals surface area contributed by atoms with Crippen molar-refractivity contribution in [2.45, 2.75) is 26.0 Å². The van der Waals surface area contributed by atoms with E-state index in [1.807, 2.05) is 44.3 Å². The third-order valence-corrected chi connectivity index (χ3v) is 2.75. The van der Waals surface area contributed by atoms with Gasteiger partial charge in [0.15, 0.2) is 0 Å². The molecule has 0 aliphatic carbocycles. The highest BCUT2D eigenvalue weighted by atomic mass is 35.5. The van der Waals surface area contributed by atoms with Crippen molar-refractivity contribution in [3.05, 3.63) is 30.5 Å². The van der Waals surface area contributed by atoms with E-state index in [-0.39, 0.29) is 12.4 Å². The third-order valence-electron chi connectivity index (χ3n) is 2.75. The molecular formula is C14H21ClN2O2.